The van der Waals surface area contributed by atoms with Crippen LogP contribution in [0.25, 0.3) is 0 Å². The number of thioether (sulfide) groups is 1. The lowest BCUT2D eigenvalue weighted by Crippen LogP contribution is -2.21. The van der Waals surface area contributed by atoms with Crippen LogP contribution in [-0.4, -0.2) is 37.0 Å². The maximum atomic E-state index is 13.3. The van der Waals surface area contributed by atoms with Gasteiger partial charge < -0.3 is 15.8 Å². The summed E-state index contributed by atoms with van der Waals surface area (Å²) < 4.78 is 33.0. The Morgan fingerprint density at radius 1 is 1.19 bits per heavy atom. The molecule has 32 heavy (non-hydrogen) atoms. The first kappa shape index (κ1) is 23.7. The van der Waals surface area contributed by atoms with E-state index in [9.17, 15) is 13.2 Å². The van der Waals surface area contributed by atoms with Crippen molar-refractivity contribution in [2.45, 2.75) is 42.1 Å². The molecule has 1 aromatic heterocycles. The number of anilines is 2. The second kappa shape index (κ2) is 9.66. The van der Waals surface area contributed by atoms with Crippen LogP contribution in [0.1, 0.15) is 18.1 Å². The molecule has 3 N–H and O–H groups in total. The standard InChI is InChI=1S/C22H26N4O4S2/c1-5-31-22-20(32(28,29)17-11-9-16(30-4)10-12-17)21(23)26(25-22)13-19(27)24-18-8-6-7-14(2)15(18)3/h6-12H,5,13,23H2,1-4H3,(H,24,27). The van der Waals surface area contributed by atoms with Crippen molar-refractivity contribution in [2.75, 3.05) is 23.9 Å². The first-order valence-corrected chi connectivity index (χ1v) is 12.4. The van der Waals surface area contributed by atoms with Gasteiger partial charge >= 0.3 is 0 Å². The van der Waals surface area contributed by atoms with E-state index in [4.69, 9.17) is 10.5 Å². The number of nitrogens with two attached hydrogens (primary N) is 1. The van der Waals surface area contributed by atoms with Crippen LogP contribution in [0.4, 0.5) is 11.5 Å². The molecule has 170 valence electrons. The van der Waals surface area contributed by atoms with Gasteiger partial charge in [0.1, 0.15) is 28.0 Å². The highest BCUT2D eigenvalue weighted by atomic mass is 32.2. The van der Waals surface area contributed by atoms with Crippen LogP contribution < -0.4 is 15.8 Å². The van der Waals surface area contributed by atoms with Crippen molar-refractivity contribution >= 4 is 39.0 Å². The Morgan fingerprint density at radius 2 is 1.88 bits per heavy atom. The molecule has 2 aromatic carbocycles. The minimum Gasteiger partial charge on any atom is -0.497 e. The number of carbonyl (C=O) groups is 1. The average Bonchev–Trinajstić information content (AvgIpc) is 3.07. The monoisotopic (exact) mass is 474 g/mol. The molecule has 0 unspecified atom stereocenters. The van der Waals surface area contributed by atoms with E-state index in [0.717, 1.165) is 11.1 Å². The number of sulfone groups is 1. The first-order chi connectivity index (χ1) is 15.2. The zero-order valence-corrected chi connectivity index (χ0v) is 20.0. The third-order valence-corrected chi connectivity index (χ3v) is 7.82. The van der Waals surface area contributed by atoms with Gasteiger partial charge in [0.2, 0.25) is 15.7 Å². The molecule has 0 aliphatic heterocycles. The van der Waals surface area contributed by atoms with Gasteiger partial charge in [-0.3, -0.25) is 4.79 Å². The molecule has 0 aliphatic carbocycles. The highest BCUT2D eigenvalue weighted by Gasteiger charge is 2.30. The Morgan fingerprint density at radius 3 is 2.50 bits per heavy atom. The van der Waals surface area contributed by atoms with Crippen molar-refractivity contribution in [3.05, 3.63) is 53.6 Å². The highest BCUT2D eigenvalue weighted by Crippen LogP contribution is 2.35. The summed E-state index contributed by atoms with van der Waals surface area (Å²) in [6, 6.07) is 11.7. The summed E-state index contributed by atoms with van der Waals surface area (Å²) in [5.74, 6) is 0.706. The molecule has 0 aliphatic rings. The second-order valence-electron chi connectivity index (χ2n) is 7.08. The van der Waals surface area contributed by atoms with E-state index in [0.29, 0.717) is 17.2 Å². The van der Waals surface area contributed by atoms with Gasteiger partial charge in [-0.1, -0.05) is 19.1 Å². The van der Waals surface area contributed by atoms with Gasteiger partial charge in [0.15, 0.2) is 0 Å². The van der Waals surface area contributed by atoms with Gasteiger partial charge in [0.05, 0.1) is 12.0 Å². The van der Waals surface area contributed by atoms with E-state index in [1.165, 1.54) is 35.7 Å². The number of carbonyl (C=O) groups excluding carboxylic acids is 1. The molecule has 8 nitrogen and oxygen atoms in total. The summed E-state index contributed by atoms with van der Waals surface area (Å²) in [7, 11) is -2.45. The molecule has 3 aromatic rings. The number of nitrogen functional groups attached to an aromatic ring is 1. The van der Waals surface area contributed by atoms with Crippen molar-refractivity contribution < 1.29 is 17.9 Å². The summed E-state index contributed by atoms with van der Waals surface area (Å²) in [5.41, 5.74) is 8.91. The molecular weight excluding hydrogens is 448 g/mol. The maximum absolute atomic E-state index is 13.3. The van der Waals surface area contributed by atoms with Gasteiger partial charge in [0.25, 0.3) is 0 Å². The fourth-order valence-electron chi connectivity index (χ4n) is 3.12. The van der Waals surface area contributed by atoms with E-state index >= 15 is 0 Å². The van der Waals surface area contributed by atoms with E-state index in [1.807, 2.05) is 39.0 Å². The molecule has 0 saturated heterocycles. The van der Waals surface area contributed by atoms with Crippen LogP contribution in [-0.2, 0) is 21.2 Å². The largest absolute Gasteiger partial charge is 0.497 e. The van der Waals surface area contributed by atoms with Crippen LogP contribution in [0.5, 0.6) is 5.75 Å². The summed E-state index contributed by atoms with van der Waals surface area (Å²) in [6.45, 7) is 5.55. The van der Waals surface area contributed by atoms with Crippen molar-refractivity contribution in [1.29, 1.82) is 0 Å². The summed E-state index contributed by atoms with van der Waals surface area (Å²) >= 11 is 1.25. The fourth-order valence-corrected chi connectivity index (χ4v) is 5.68. The van der Waals surface area contributed by atoms with Crippen molar-refractivity contribution in [2.24, 2.45) is 0 Å². The van der Waals surface area contributed by atoms with Gasteiger partial charge in [-0.2, -0.15) is 5.10 Å². The molecule has 1 heterocycles. The van der Waals surface area contributed by atoms with E-state index in [1.54, 1.807) is 12.1 Å². The fraction of sp³-hybridized carbons (Fsp3) is 0.273. The molecule has 0 bridgehead atoms. The lowest BCUT2D eigenvalue weighted by atomic mass is 10.1. The third kappa shape index (κ3) is 4.76. The highest BCUT2D eigenvalue weighted by molar-refractivity contribution is 8.00. The molecule has 0 spiro atoms. The Labute approximate surface area is 192 Å². The van der Waals surface area contributed by atoms with E-state index in [2.05, 4.69) is 10.4 Å². The van der Waals surface area contributed by atoms with E-state index in [-0.39, 0.29) is 33.1 Å². The number of methoxy groups -OCH3 is 1. The van der Waals surface area contributed by atoms with Gasteiger partial charge in [-0.15, -0.1) is 11.8 Å². The third-order valence-electron chi connectivity index (χ3n) is 5.01. The molecule has 0 saturated carbocycles. The number of benzene rings is 2. The number of amides is 1. The van der Waals surface area contributed by atoms with Crippen LogP contribution in [0, 0.1) is 13.8 Å². The molecular formula is C22H26N4O4S2. The Bertz CT molecular complexity index is 1240. The predicted molar refractivity (Wildman–Crippen MR) is 126 cm³/mol. The van der Waals surface area contributed by atoms with Gasteiger partial charge in [-0.05, 0) is 61.1 Å². The number of aromatic nitrogens is 2. The summed E-state index contributed by atoms with van der Waals surface area (Å²) in [5, 5.41) is 7.45. The van der Waals surface area contributed by atoms with Crippen LogP contribution in [0.2, 0.25) is 0 Å². The number of hydrogen-bond donors (Lipinski definition) is 2. The minimum absolute atomic E-state index is 0.0716. The lowest BCUT2D eigenvalue weighted by Gasteiger charge is -2.11. The molecule has 10 heteroatoms. The molecule has 0 atom stereocenters. The van der Waals surface area contributed by atoms with Crippen LogP contribution in [0.15, 0.2) is 57.3 Å². The number of rotatable bonds is 8. The smallest absolute Gasteiger partial charge is 0.246 e. The predicted octanol–water partition coefficient (Wildman–Crippen LogP) is 3.67. The number of nitrogens with zero attached hydrogens (tertiary/aromatic N) is 2. The summed E-state index contributed by atoms with van der Waals surface area (Å²) in [4.78, 5) is 12.7. The maximum Gasteiger partial charge on any atom is 0.246 e. The van der Waals surface area contributed by atoms with Gasteiger partial charge in [0, 0.05) is 5.69 Å². The number of aryl methyl sites for hydroxylation is 1. The Hall–Kier alpha value is -2.98. The normalized spacial score (nSPS) is 11.4. The molecule has 0 fully saturated rings. The molecule has 3 rings (SSSR count). The van der Waals surface area contributed by atoms with Crippen LogP contribution in [0.3, 0.4) is 0 Å². The summed E-state index contributed by atoms with van der Waals surface area (Å²) in [6.07, 6.45) is 0. The van der Waals surface area contributed by atoms with Crippen molar-refractivity contribution in [3.8, 4) is 5.75 Å². The van der Waals surface area contributed by atoms with Gasteiger partial charge in [-0.25, -0.2) is 13.1 Å². The second-order valence-corrected chi connectivity index (χ2v) is 10.2. The van der Waals surface area contributed by atoms with Crippen molar-refractivity contribution in [3.63, 3.8) is 0 Å². The first-order valence-electron chi connectivity index (χ1n) is 9.93. The average molecular weight is 475 g/mol. The van der Waals surface area contributed by atoms with E-state index < -0.39 is 9.84 Å². The topological polar surface area (TPSA) is 116 Å². The van der Waals surface area contributed by atoms with Crippen molar-refractivity contribution in [1.82, 2.24) is 9.78 Å². The molecule has 1 amide bonds. The lowest BCUT2D eigenvalue weighted by molar-refractivity contribution is -0.116. The SMILES string of the molecule is CCSc1nn(CC(=O)Nc2cccc(C)c2C)c(N)c1S(=O)(=O)c1ccc(OC)cc1. The quantitative estimate of drug-likeness (QED) is 0.478. The van der Waals surface area contributed by atoms with Crippen LogP contribution >= 0.6 is 11.8 Å². The number of hydrogen-bond acceptors (Lipinski definition) is 7. The zero-order valence-electron chi connectivity index (χ0n) is 18.4. The minimum atomic E-state index is -3.95. The number of nitrogens with one attached hydrogen (secondary N) is 1. The number of ether oxygens (including phenoxy) is 1. The molecule has 0 radical (unpaired) electrons. The zero-order chi connectivity index (χ0) is 23.5. The Kier molecular flexibility index (Phi) is 7.15. The Balaban J connectivity index is 1.94.